The van der Waals surface area contributed by atoms with E-state index in [1.807, 2.05) is 0 Å². The van der Waals surface area contributed by atoms with E-state index in [0.717, 1.165) is 4.47 Å². The highest BCUT2D eigenvalue weighted by molar-refractivity contribution is 9.10. The van der Waals surface area contributed by atoms with E-state index >= 15 is 0 Å². The molecule has 5 unspecified atom stereocenters. The van der Waals surface area contributed by atoms with Crippen LogP contribution in [0.25, 0.3) is 0 Å². The molecule has 1 aliphatic heterocycles. The molecule has 0 bridgehead atoms. The number of halogens is 2. The average Bonchev–Trinajstić information content (AvgIpc) is 2.70. The van der Waals surface area contributed by atoms with Gasteiger partial charge in [-0.2, -0.15) is 0 Å². The van der Waals surface area contributed by atoms with E-state index in [-0.39, 0.29) is 11.5 Å². The van der Waals surface area contributed by atoms with Gasteiger partial charge in [0, 0.05) is 20.1 Å². The van der Waals surface area contributed by atoms with Gasteiger partial charge in [0.15, 0.2) is 0 Å². The van der Waals surface area contributed by atoms with Gasteiger partial charge < -0.3 is 4.74 Å². The summed E-state index contributed by atoms with van der Waals surface area (Å²) < 4.78 is 7.04. The number of alkyl halides is 1. The molecule has 1 fully saturated rings. The third-order valence-electron chi connectivity index (χ3n) is 3.80. The van der Waals surface area contributed by atoms with E-state index in [2.05, 4.69) is 49.7 Å². The van der Waals surface area contributed by atoms with Gasteiger partial charge in [-0.05, 0) is 48.7 Å². The monoisotopic (exact) mass is 336 g/mol. The van der Waals surface area contributed by atoms with Crippen LogP contribution in [0.2, 0.25) is 0 Å². The van der Waals surface area contributed by atoms with Crippen molar-refractivity contribution >= 4 is 38.9 Å². The molecular weight excluding hydrogens is 320 g/mol. The first kappa shape index (κ1) is 13.9. The zero-order valence-electron chi connectivity index (χ0n) is 10.5. The number of hydrogen-bond donors (Lipinski definition) is 0. The fourth-order valence-electron chi connectivity index (χ4n) is 2.61. The van der Waals surface area contributed by atoms with Crippen LogP contribution in [-0.4, -0.2) is 12.2 Å². The van der Waals surface area contributed by atoms with Gasteiger partial charge in [-0.1, -0.05) is 6.92 Å². The van der Waals surface area contributed by atoms with Crippen molar-refractivity contribution in [3.8, 4) is 0 Å². The Morgan fingerprint density at radius 1 is 1.35 bits per heavy atom. The first-order chi connectivity index (χ1) is 7.91. The first-order valence-corrected chi connectivity index (χ1v) is 8.01. The Hall–Kier alpha value is 0.430. The zero-order chi connectivity index (χ0) is 12.7. The lowest BCUT2D eigenvalue weighted by Gasteiger charge is -2.23. The van der Waals surface area contributed by atoms with Gasteiger partial charge in [-0.15, -0.1) is 22.9 Å². The molecule has 1 aromatic rings. The van der Waals surface area contributed by atoms with Crippen LogP contribution < -0.4 is 0 Å². The summed E-state index contributed by atoms with van der Waals surface area (Å²) in [6.45, 7) is 8.63. The van der Waals surface area contributed by atoms with E-state index in [1.54, 1.807) is 11.3 Å². The lowest BCUT2D eigenvalue weighted by molar-refractivity contribution is 0.0508. The van der Waals surface area contributed by atoms with Crippen LogP contribution in [0.4, 0.5) is 0 Å². The third-order valence-corrected chi connectivity index (χ3v) is 6.68. The molecule has 0 amide bonds. The highest BCUT2D eigenvalue weighted by atomic mass is 79.9. The van der Waals surface area contributed by atoms with E-state index < -0.39 is 0 Å². The molecule has 2 rings (SSSR count). The first-order valence-electron chi connectivity index (χ1n) is 5.97. The summed E-state index contributed by atoms with van der Waals surface area (Å²) >= 11 is 12.0. The Bertz CT molecular complexity index is 387. The molecule has 0 spiro atoms. The van der Waals surface area contributed by atoms with Gasteiger partial charge >= 0.3 is 0 Å². The molecule has 1 aliphatic rings. The molecule has 1 aromatic heterocycles. The third kappa shape index (κ3) is 2.58. The molecule has 2 heterocycles. The second-order valence-electron chi connectivity index (χ2n) is 4.94. The topological polar surface area (TPSA) is 9.23 Å². The molecule has 5 atom stereocenters. The second kappa shape index (κ2) is 5.20. The van der Waals surface area contributed by atoms with Crippen molar-refractivity contribution in [2.24, 2.45) is 11.8 Å². The molecule has 0 saturated carbocycles. The molecule has 17 heavy (non-hydrogen) atoms. The summed E-state index contributed by atoms with van der Waals surface area (Å²) in [7, 11) is 0. The van der Waals surface area contributed by atoms with Crippen molar-refractivity contribution in [2.45, 2.75) is 45.3 Å². The number of thiophene rings is 1. The number of hydrogen-bond acceptors (Lipinski definition) is 2. The van der Waals surface area contributed by atoms with Gasteiger partial charge in [0.25, 0.3) is 0 Å². The highest BCUT2D eigenvalue weighted by Crippen LogP contribution is 2.46. The summed E-state index contributed by atoms with van der Waals surface area (Å²) in [5.41, 5.74) is 0. The van der Waals surface area contributed by atoms with Crippen molar-refractivity contribution < 1.29 is 4.74 Å². The number of rotatable bonds is 2. The minimum absolute atomic E-state index is 0.0555. The van der Waals surface area contributed by atoms with Crippen LogP contribution in [0.1, 0.15) is 35.9 Å². The maximum atomic E-state index is 6.66. The minimum atomic E-state index is 0.0555. The van der Waals surface area contributed by atoms with Crippen LogP contribution in [0.3, 0.4) is 0 Å². The second-order valence-corrected chi connectivity index (χ2v) is 7.55. The van der Waals surface area contributed by atoms with Gasteiger partial charge in [-0.3, -0.25) is 0 Å². The Balaban J connectivity index is 2.22. The Kier molecular flexibility index (Phi) is 4.24. The van der Waals surface area contributed by atoms with E-state index in [9.17, 15) is 0 Å². The quantitative estimate of drug-likeness (QED) is 0.677. The van der Waals surface area contributed by atoms with Crippen molar-refractivity contribution in [1.82, 2.24) is 0 Å². The SMILES string of the molecule is Cc1sc(C(Cl)C2C(C)OC(C)C2C)cc1Br. The fraction of sp³-hybridized carbons (Fsp3) is 0.692. The molecule has 1 saturated heterocycles. The Labute approximate surface area is 121 Å². The van der Waals surface area contributed by atoms with E-state index in [4.69, 9.17) is 16.3 Å². The number of aryl methyl sites for hydroxylation is 1. The van der Waals surface area contributed by atoms with Crippen molar-refractivity contribution in [1.29, 1.82) is 0 Å². The summed E-state index contributed by atoms with van der Waals surface area (Å²) in [5.74, 6) is 0.908. The standard InChI is InChI=1S/C13H18BrClOS/c1-6-7(2)16-8(3)12(6)13(15)11-5-10(14)9(4)17-11/h5-8,12-13H,1-4H3. The normalized spacial score (nSPS) is 35.2. The molecule has 4 heteroatoms. The van der Waals surface area contributed by atoms with Crippen LogP contribution >= 0.6 is 38.9 Å². The molecular formula is C13H18BrClOS. The van der Waals surface area contributed by atoms with Gasteiger partial charge in [-0.25, -0.2) is 0 Å². The summed E-state index contributed by atoms with van der Waals surface area (Å²) in [5, 5.41) is 0.0555. The largest absolute Gasteiger partial charge is 0.375 e. The molecule has 1 nitrogen and oxygen atoms in total. The Morgan fingerprint density at radius 2 is 2.00 bits per heavy atom. The summed E-state index contributed by atoms with van der Waals surface area (Å²) in [4.78, 5) is 2.54. The maximum Gasteiger partial charge on any atom is 0.0735 e. The lowest BCUT2D eigenvalue weighted by Crippen LogP contribution is -2.21. The maximum absolute atomic E-state index is 6.66. The van der Waals surface area contributed by atoms with Crippen LogP contribution in [0.5, 0.6) is 0 Å². The van der Waals surface area contributed by atoms with Crippen LogP contribution in [0, 0.1) is 18.8 Å². The zero-order valence-corrected chi connectivity index (χ0v) is 13.7. The highest BCUT2D eigenvalue weighted by Gasteiger charge is 2.42. The molecule has 0 N–H and O–H groups in total. The molecule has 96 valence electrons. The van der Waals surface area contributed by atoms with Crippen LogP contribution in [0.15, 0.2) is 10.5 Å². The predicted molar refractivity (Wildman–Crippen MR) is 78.0 cm³/mol. The molecule has 0 aliphatic carbocycles. The summed E-state index contributed by atoms with van der Waals surface area (Å²) in [6, 6.07) is 2.15. The van der Waals surface area contributed by atoms with Crippen molar-refractivity contribution in [2.75, 3.05) is 0 Å². The fourth-order valence-corrected chi connectivity index (χ4v) is 4.83. The average molecular weight is 338 g/mol. The smallest absolute Gasteiger partial charge is 0.0735 e. The van der Waals surface area contributed by atoms with Crippen LogP contribution in [-0.2, 0) is 4.74 Å². The van der Waals surface area contributed by atoms with Gasteiger partial charge in [0.1, 0.15) is 0 Å². The predicted octanol–water partition coefficient (Wildman–Crippen LogP) is 5.16. The van der Waals surface area contributed by atoms with E-state index in [1.165, 1.54) is 9.75 Å². The lowest BCUT2D eigenvalue weighted by atomic mass is 9.86. The van der Waals surface area contributed by atoms with Gasteiger partial charge in [0.2, 0.25) is 0 Å². The van der Waals surface area contributed by atoms with Crippen molar-refractivity contribution in [3.63, 3.8) is 0 Å². The Morgan fingerprint density at radius 3 is 2.41 bits per heavy atom. The van der Waals surface area contributed by atoms with Crippen molar-refractivity contribution in [3.05, 3.63) is 20.3 Å². The van der Waals surface area contributed by atoms with E-state index in [0.29, 0.717) is 17.9 Å². The number of ether oxygens (including phenoxy) is 1. The molecule has 0 aromatic carbocycles. The summed E-state index contributed by atoms with van der Waals surface area (Å²) in [6.07, 6.45) is 0.546. The minimum Gasteiger partial charge on any atom is -0.375 e. The van der Waals surface area contributed by atoms with Gasteiger partial charge in [0.05, 0.1) is 17.6 Å². The molecule has 0 radical (unpaired) electrons.